The molecule has 1 fully saturated rings. The maximum Gasteiger partial charge on any atom is 0.137 e. The van der Waals surface area contributed by atoms with E-state index in [4.69, 9.17) is 4.74 Å². The summed E-state index contributed by atoms with van der Waals surface area (Å²) in [6.07, 6.45) is 2.49. The van der Waals surface area contributed by atoms with Gasteiger partial charge >= 0.3 is 0 Å². The van der Waals surface area contributed by atoms with Crippen molar-refractivity contribution in [3.05, 3.63) is 18.3 Å². The van der Waals surface area contributed by atoms with Crippen molar-refractivity contribution in [2.24, 2.45) is 0 Å². The van der Waals surface area contributed by atoms with Gasteiger partial charge in [-0.3, -0.25) is 0 Å². The molecule has 0 aromatic carbocycles. The minimum absolute atomic E-state index is 0.582. The van der Waals surface area contributed by atoms with Crippen molar-refractivity contribution in [1.29, 1.82) is 0 Å². The number of ether oxygens (including phenoxy) is 1. The van der Waals surface area contributed by atoms with Gasteiger partial charge in [-0.2, -0.15) is 0 Å². The molecule has 1 aliphatic heterocycles. The maximum atomic E-state index is 9.83. The van der Waals surface area contributed by atoms with Crippen LogP contribution in [0.4, 0.5) is 5.82 Å². The Balaban J connectivity index is 2.11. The molecule has 0 amide bonds. The number of anilines is 1. The Morgan fingerprint density at radius 3 is 2.80 bits per heavy atom. The van der Waals surface area contributed by atoms with E-state index in [9.17, 15) is 5.11 Å². The normalized spacial score (nSPS) is 25.7. The highest BCUT2D eigenvalue weighted by atomic mass is 16.5. The highest BCUT2D eigenvalue weighted by molar-refractivity contribution is 5.42. The van der Waals surface area contributed by atoms with Crippen molar-refractivity contribution < 1.29 is 9.84 Å². The van der Waals surface area contributed by atoms with Crippen molar-refractivity contribution in [2.75, 3.05) is 25.1 Å². The molecule has 1 saturated heterocycles. The second kappa shape index (κ2) is 3.70. The molecule has 1 N–H and O–H groups in total. The third kappa shape index (κ3) is 2.21. The first kappa shape index (κ1) is 10.2. The van der Waals surface area contributed by atoms with Gasteiger partial charge in [-0.25, -0.2) is 4.98 Å². The van der Waals surface area contributed by atoms with Crippen LogP contribution in [0.1, 0.15) is 13.3 Å². The third-order valence-corrected chi connectivity index (χ3v) is 2.73. The van der Waals surface area contributed by atoms with E-state index in [-0.39, 0.29) is 0 Å². The Morgan fingerprint density at radius 2 is 2.33 bits per heavy atom. The molecule has 0 radical (unpaired) electrons. The molecule has 82 valence electrons. The topological polar surface area (TPSA) is 45.6 Å². The van der Waals surface area contributed by atoms with E-state index in [1.807, 2.05) is 19.1 Å². The summed E-state index contributed by atoms with van der Waals surface area (Å²) in [4.78, 5) is 6.37. The Kier molecular flexibility index (Phi) is 2.52. The Labute approximate surface area is 89.5 Å². The van der Waals surface area contributed by atoms with E-state index in [2.05, 4.69) is 9.88 Å². The predicted molar refractivity (Wildman–Crippen MR) is 58.2 cm³/mol. The van der Waals surface area contributed by atoms with Gasteiger partial charge in [0.25, 0.3) is 0 Å². The molecule has 2 rings (SSSR count). The number of hydrogen-bond acceptors (Lipinski definition) is 4. The minimum atomic E-state index is -0.582. The summed E-state index contributed by atoms with van der Waals surface area (Å²) in [5.41, 5.74) is -0.582. The summed E-state index contributed by atoms with van der Waals surface area (Å²) in [7, 11) is 1.62. The van der Waals surface area contributed by atoms with Gasteiger partial charge in [0, 0.05) is 13.1 Å². The molecule has 1 atom stereocenters. The monoisotopic (exact) mass is 208 g/mol. The Bertz CT molecular complexity index is 335. The zero-order valence-electron chi connectivity index (χ0n) is 9.10. The molecule has 4 heteroatoms. The van der Waals surface area contributed by atoms with Crippen molar-refractivity contribution in [3.8, 4) is 5.75 Å². The van der Waals surface area contributed by atoms with Crippen molar-refractivity contribution >= 4 is 5.82 Å². The fourth-order valence-corrected chi connectivity index (χ4v) is 1.82. The molecule has 0 aliphatic carbocycles. The van der Waals surface area contributed by atoms with E-state index in [0.717, 1.165) is 24.5 Å². The number of aromatic nitrogens is 1. The molecule has 0 saturated carbocycles. The Morgan fingerprint density at radius 1 is 1.53 bits per heavy atom. The van der Waals surface area contributed by atoms with Crippen LogP contribution in [0.5, 0.6) is 5.75 Å². The van der Waals surface area contributed by atoms with Gasteiger partial charge in [-0.05, 0) is 25.5 Å². The van der Waals surface area contributed by atoms with Gasteiger partial charge in [0.2, 0.25) is 0 Å². The lowest BCUT2D eigenvalue weighted by Gasteiger charge is -2.19. The largest absolute Gasteiger partial charge is 0.495 e. The minimum Gasteiger partial charge on any atom is -0.495 e. The van der Waals surface area contributed by atoms with E-state index in [1.54, 1.807) is 13.3 Å². The van der Waals surface area contributed by atoms with Gasteiger partial charge < -0.3 is 14.7 Å². The molecule has 0 spiro atoms. The first-order chi connectivity index (χ1) is 7.11. The van der Waals surface area contributed by atoms with Crippen LogP contribution in [0.3, 0.4) is 0 Å². The summed E-state index contributed by atoms with van der Waals surface area (Å²) in [5.74, 6) is 1.65. The van der Waals surface area contributed by atoms with Crippen molar-refractivity contribution in [3.63, 3.8) is 0 Å². The van der Waals surface area contributed by atoms with Crippen LogP contribution in [0.25, 0.3) is 0 Å². The molecular weight excluding hydrogens is 192 g/mol. The lowest BCUT2D eigenvalue weighted by atomic mass is 10.1. The second-order valence-electron chi connectivity index (χ2n) is 4.22. The van der Waals surface area contributed by atoms with Crippen LogP contribution in [0, 0.1) is 0 Å². The van der Waals surface area contributed by atoms with Crippen LogP contribution in [-0.4, -0.2) is 35.9 Å². The lowest BCUT2D eigenvalue weighted by molar-refractivity contribution is 0.0839. The van der Waals surface area contributed by atoms with Crippen LogP contribution < -0.4 is 9.64 Å². The number of aliphatic hydroxyl groups is 1. The first-order valence-electron chi connectivity index (χ1n) is 5.08. The third-order valence-electron chi connectivity index (χ3n) is 2.73. The Hall–Kier alpha value is -1.29. The van der Waals surface area contributed by atoms with E-state index in [1.165, 1.54) is 0 Å². The number of β-amino-alcohol motifs (C(OH)–C–C–N with tert-alkyl or cyclic N) is 1. The summed E-state index contributed by atoms with van der Waals surface area (Å²) >= 11 is 0. The number of hydrogen-bond donors (Lipinski definition) is 1. The zero-order chi connectivity index (χ0) is 10.9. The number of rotatable bonds is 2. The highest BCUT2D eigenvalue weighted by Crippen LogP contribution is 2.25. The maximum absolute atomic E-state index is 9.83. The lowest BCUT2D eigenvalue weighted by Crippen LogP contribution is -2.29. The van der Waals surface area contributed by atoms with E-state index < -0.39 is 5.60 Å². The molecule has 0 bridgehead atoms. The van der Waals surface area contributed by atoms with Crippen LogP contribution in [0.15, 0.2) is 18.3 Å². The zero-order valence-corrected chi connectivity index (χ0v) is 9.10. The van der Waals surface area contributed by atoms with Crippen molar-refractivity contribution in [2.45, 2.75) is 18.9 Å². The second-order valence-corrected chi connectivity index (χ2v) is 4.22. The van der Waals surface area contributed by atoms with Gasteiger partial charge in [0.15, 0.2) is 0 Å². The fourth-order valence-electron chi connectivity index (χ4n) is 1.82. The van der Waals surface area contributed by atoms with E-state index >= 15 is 0 Å². The van der Waals surface area contributed by atoms with E-state index in [0.29, 0.717) is 6.54 Å². The summed E-state index contributed by atoms with van der Waals surface area (Å²) < 4.78 is 5.04. The average molecular weight is 208 g/mol. The average Bonchev–Trinajstić information content (AvgIpc) is 2.59. The SMILES string of the molecule is COc1ccc(N2CCC(C)(O)C2)nc1. The van der Waals surface area contributed by atoms with Crippen LogP contribution in [0.2, 0.25) is 0 Å². The standard InChI is InChI=1S/C11H16N2O2/c1-11(14)5-6-13(8-11)10-4-3-9(15-2)7-12-10/h3-4,7,14H,5-6,8H2,1-2H3. The molecule has 4 nitrogen and oxygen atoms in total. The van der Waals surface area contributed by atoms with Crippen LogP contribution in [-0.2, 0) is 0 Å². The predicted octanol–water partition coefficient (Wildman–Crippen LogP) is 1.05. The molecule has 1 aromatic rings. The van der Waals surface area contributed by atoms with Gasteiger partial charge in [0.1, 0.15) is 11.6 Å². The quantitative estimate of drug-likeness (QED) is 0.789. The fraction of sp³-hybridized carbons (Fsp3) is 0.545. The van der Waals surface area contributed by atoms with Gasteiger partial charge in [-0.15, -0.1) is 0 Å². The molecule has 1 aliphatic rings. The summed E-state index contributed by atoms with van der Waals surface area (Å²) in [5, 5.41) is 9.83. The first-order valence-corrected chi connectivity index (χ1v) is 5.08. The molecule has 1 unspecified atom stereocenters. The highest BCUT2D eigenvalue weighted by Gasteiger charge is 2.31. The summed E-state index contributed by atoms with van der Waals surface area (Å²) in [6, 6.07) is 3.80. The summed E-state index contributed by atoms with van der Waals surface area (Å²) in [6.45, 7) is 3.36. The molecular formula is C11H16N2O2. The molecule has 2 heterocycles. The number of methoxy groups -OCH3 is 1. The number of pyridine rings is 1. The van der Waals surface area contributed by atoms with Crippen molar-refractivity contribution in [1.82, 2.24) is 4.98 Å². The smallest absolute Gasteiger partial charge is 0.137 e. The molecule has 1 aromatic heterocycles. The molecule has 15 heavy (non-hydrogen) atoms. The van der Waals surface area contributed by atoms with Gasteiger partial charge in [-0.1, -0.05) is 0 Å². The van der Waals surface area contributed by atoms with Crippen LogP contribution >= 0.6 is 0 Å². The van der Waals surface area contributed by atoms with Gasteiger partial charge in [0.05, 0.1) is 18.9 Å². The number of nitrogens with zero attached hydrogens (tertiary/aromatic N) is 2.